The second-order valence-electron chi connectivity index (χ2n) is 3.60. The molecular formula is C13H12ClN3O. The van der Waals surface area contributed by atoms with Gasteiger partial charge in [-0.15, -0.1) is 0 Å². The van der Waals surface area contributed by atoms with Crippen molar-refractivity contribution in [2.75, 3.05) is 12.8 Å². The summed E-state index contributed by atoms with van der Waals surface area (Å²) in [7, 11) is 1.62. The molecule has 18 heavy (non-hydrogen) atoms. The lowest BCUT2D eigenvalue weighted by molar-refractivity contribution is 0.414. The van der Waals surface area contributed by atoms with Crippen molar-refractivity contribution in [2.24, 2.45) is 0 Å². The van der Waals surface area contributed by atoms with E-state index in [0.29, 0.717) is 5.02 Å². The minimum Gasteiger partial charge on any atom is -0.497 e. The van der Waals surface area contributed by atoms with Crippen LogP contribution < -0.4 is 10.5 Å². The lowest BCUT2D eigenvalue weighted by Crippen LogP contribution is -1.93. The number of aromatic nitrogens is 2. The molecule has 92 valence electrons. The molecule has 0 radical (unpaired) electrons. The van der Waals surface area contributed by atoms with E-state index in [-0.39, 0.29) is 5.95 Å². The fraction of sp³-hybridized carbons (Fsp3) is 0.0769. The Bertz CT molecular complexity index is 567. The summed E-state index contributed by atoms with van der Waals surface area (Å²) >= 11 is 6.09. The molecule has 1 aromatic carbocycles. The molecule has 0 spiro atoms. The van der Waals surface area contributed by atoms with E-state index in [1.807, 2.05) is 24.3 Å². The highest BCUT2D eigenvalue weighted by Gasteiger charge is 1.99. The summed E-state index contributed by atoms with van der Waals surface area (Å²) in [6.07, 6.45) is 7.03. The van der Waals surface area contributed by atoms with Crippen molar-refractivity contribution in [2.45, 2.75) is 0 Å². The quantitative estimate of drug-likeness (QED) is 0.923. The Morgan fingerprint density at radius 1 is 1.22 bits per heavy atom. The Hall–Kier alpha value is -2.07. The van der Waals surface area contributed by atoms with Crippen LogP contribution in [0.25, 0.3) is 12.2 Å². The standard InChI is InChI=1S/C13H12ClN3O/c1-18-11-4-5-12(14)10(6-11)3-2-9-7-16-13(15)17-8-9/h2-8H,1H3,(H2,15,16,17). The molecule has 0 amide bonds. The van der Waals surface area contributed by atoms with E-state index >= 15 is 0 Å². The first kappa shape index (κ1) is 12.4. The van der Waals surface area contributed by atoms with Gasteiger partial charge in [0.2, 0.25) is 5.95 Å². The van der Waals surface area contributed by atoms with Gasteiger partial charge in [0, 0.05) is 23.0 Å². The Balaban J connectivity index is 2.25. The number of benzene rings is 1. The molecule has 1 aromatic heterocycles. The number of nitrogen functional groups attached to an aromatic ring is 1. The van der Waals surface area contributed by atoms with Gasteiger partial charge >= 0.3 is 0 Å². The maximum absolute atomic E-state index is 6.09. The first-order valence-electron chi connectivity index (χ1n) is 5.28. The van der Waals surface area contributed by atoms with Crippen LogP contribution in [0.5, 0.6) is 5.75 Å². The fourth-order valence-electron chi connectivity index (χ4n) is 1.40. The number of ether oxygens (including phenoxy) is 1. The van der Waals surface area contributed by atoms with E-state index in [9.17, 15) is 0 Å². The predicted octanol–water partition coefficient (Wildman–Crippen LogP) is 2.89. The second-order valence-corrected chi connectivity index (χ2v) is 4.00. The van der Waals surface area contributed by atoms with Crippen LogP contribution in [0, 0.1) is 0 Å². The van der Waals surface area contributed by atoms with Gasteiger partial charge in [-0.1, -0.05) is 23.8 Å². The summed E-state index contributed by atoms with van der Waals surface area (Å²) in [5.41, 5.74) is 7.13. The molecule has 0 bridgehead atoms. The Labute approximate surface area is 110 Å². The molecule has 0 atom stereocenters. The van der Waals surface area contributed by atoms with Gasteiger partial charge in [0.25, 0.3) is 0 Å². The number of hydrogen-bond donors (Lipinski definition) is 1. The minimum atomic E-state index is 0.256. The van der Waals surface area contributed by atoms with Crippen molar-refractivity contribution in [3.05, 3.63) is 46.7 Å². The van der Waals surface area contributed by atoms with Crippen molar-refractivity contribution in [3.63, 3.8) is 0 Å². The van der Waals surface area contributed by atoms with Gasteiger partial charge < -0.3 is 10.5 Å². The van der Waals surface area contributed by atoms with Gasteiger partial charge in [-0.2, -0.15) is 0 Å². The highest BCUT2D eigenvalue weighted by Crippen LogP contribution is 2.23. The van der Waals surface area contributed by atoms with Crippen LogP contribution in [0.15, 0.2) is 30.6 Å². The summed E-state index contributed by atoms with van der Waals surface area (Å²) in [4.78, 5) is 7.81. The van der Waals surface area contributed by atoms with E-state index < -0.39 is 0 Å². The highest BCUT2D eigenvalue weighted by atomic mass is 35.5. The SMILES string of the molecule is COc1ccc(Cl)c(C=Cc2cnc(N)nc2)c1. The summed E-state index contributed by atoms with van der Waals surface area (Å²) < 4.78 is 5.14. The Morgan fingerprint density at radius 3 is 2.61 bits per heavy atom. The van der Waals surface area contributed by atoms with Crippen LogP contribution in [0.3, 0.4) is 0 Å². The Kier molecular flexibility index (Phi) is 3.79. The van der Waals surface area contributed by atoms with Crippen LogP contribution in [-0.4, -0.2) is 17.1 Å². The smallest absolute Gasteiger partial charge is 0.219 e. The largest absolute Gasteiger partial charge is 0.497 e. The predicted molar refractivity (Wildman–Crippen MR) is 73.4 cm³/mol. The molecule has 2 N–H and O–H groups in total. The molecule has 2 aromatic rings. The summed E-state index contributed by atoms with van der Waals surface area (Å²) in [6.45, 7) is 0. The number of rotatable bonds is 3. The molecule has 0 aliphatic heterocycles. The number of nitrogens with two attached hydrogens (primary N) is 1. The molecular weight excluding hydrogens is 250 g/mol. The molecule has 2 rings (SSSR count). The molecule has 0 saturated carbocycles. The van der Waals surface area contributed by atoms with E-state index in [4.69, 9.17) is 22.1 Å². The molecule has 0 saturated heterocycles. The number of nitrogens with zero attached hydrogens (tertiary/aromatic N) is 2. The van der Waals surface area contributed by atoms with Crippen molar-refractivity contribution in [1.29, 1.82) is 0 Å². The maximum atomic E-state index is 6.09. The average molecular weight is 262 g/mol. The number of halogens is 1. The average Bonchev–Trinajstić information content (AvgIpc) is 2.40. The zero-order valence-electron chi connectivity index (χ0n) is 9.80. The Morgan fingerprint density at radius 2 is 1.94 bits per heavy atom. The van der Waals surface area contributed by atoms with Crippen LogP contribution in [0.2, 0.25) is 5.02 Å². The van der Waals surface area contributed by atoms with Gasteiger partial charge in [0.15, 0.2) is 0 Å². The van der Waals surface area contributed by atoms with Crippen LogP contribution >= 0.6 is 11.6 Å². The third-order valence-corrected chi connectivity index (χ3v) is 2.69. The normalized spacial score (nSPS) is 10.8. The first-order chi connectivity index (χ1) is 8.69. The van der Waals surface area contributed by atoms with Gasteiger partial charge in [-0.3, -0.25) is 0 Å². The van der Waals surface area contributed by atoms with Crippen molar-refractivity contribution in [1.82, 2.24) is 9.97 Å². The van der Waals surface area contributed by atoms with Crippen LogP contribution in [0.4, 0.5) is 5.95 Å². The number of anilines is 1. The third kappa shape index (κ3) is 2.99. The van der Waals surface area contributed by atoms with Crippen LogP contribution in [-0.2, 0) is 0 Å². The number of hydrogen-bond acceptors (Lipinski definition) is 4. The zero-order valence-corrected chi connectivity index (χ0v) is 10.6. The second kappa shape index (κ2) is 5.51. The number of methoxy groups -OCH3 is 1. The van der Waals surface area contributed by atoms with Crippen molar-refractivity contribution < 1.29 is 4.74 Å². The molecule has 0 aliphatic carbocycles. The van der Waals surface area contributed by atoms with E-state index in [1.54, 1.807) is 25.6 Å². The molecule has 0 fully saturated rings. The van der Waals surface area contributed by atoms with E-state index in [2.05, 4.69) is 9.97 Å². The minimum absolute atomic E-state index is 0.256. The highest BCUT2D eigenvalue weighted by molar-refractivity contribution is 6.32. The van der Waals surface area contributed by atoms with Gasteiger partial charge in [-0.05, 0) is 23.8 Å². The molecule has 5 heteroatoms. The summed E-state index contributed by atoms with van der Waals surface area (Å²) in [6, 6.07) is 5.46. The van der Waals surface area contributed by atoms with Crippen molar-refractivity contribution >= 4 is 29.7 Å². The maximum Gasteiger partial charge on any atom is 0.219 e. The fourth-order valence-corrected chi connectivity index (χ4v) is 1.58. The van der Waals surface area contributed by atoms with E-state index in [0.717, 1.165) is 16.9 Å². The summed E-state index contributed by atoms with van der Waals surface area (Å²) in [5.74, 6) is 1.01. The molecule has 0 aliphatic rings. The van der Waals surface area contributed by atoms with Crippen LogP contribution in [0.1, 0.15) is 11.1 Å². The van der Waals surface area contributed by atoms with E-state index in [1.165, 1.54) is 0 Å². The topological polar surface area (TPSA) is 61.0 Å². The lowest BCUT2D eigenvalue weighted by atomic mass is 10.1. The third-order valence-electron chi connectivity index (χ3n) is 2.35. The monoisotopic (exact) mass is 261 g/mol. The van der Waals surface area contributed by atoms with Gasteiger partial charge in [0.1, 0.15) is 5.75 Å². The summed E-state index contributed by atoms with van der Waals surface area (Å²) in [5, 5.41) is 0.656. The van der Waals surface area contributed by atoms with Crippen molar-refractivity contribution in [3.8, 4) is 5.75 Å². The van der Waals surface area contributed by atoms with Gasteiger partial charge in [0.05, 0.1) is 7.11 Å². The first-order valence-corrected chi connectivity index (χ1v) is 5.66. The van der Waals surface area contributed by atoms with Gasteiger partial charge in [-0.25, -0.2) is 9.97 Å². The molecule has 4 nitrogen and oxygen atoms in total. The molecule has 0 unspecified atom stereocenters. The molecule has 1 heterocycles. The zero-order chi connectivity index (χ0) is 13.0. The lowest BCUT2D eigenvalue weighted by Gasteiger charge is -2.03.